The van der Waals surface area contributed by atoms with Crippen LogP contribution in [-0.2, 0) is 10.0 Å². The summed E-state index contributed by atoms with van der Waals surface area (Å²) in [6.07, 6.45) is 0.975. The van der Waals surface area contributed by atoms with E-state index in [9.17, 15) is 12.8 Å². The number of nitrogens with one attached hydrogen (secondary N) is 1. The molecule has 0 bridgehead atoms. The molecule has 4 rings (SSSR count). The molecular weight excluding hydrogens is 391 g/mol. The lowest BCUT2D eigenvalue weighted by atomic mass is 10.1. The van der Waals surface area contributed by atoms with Gasteiger partial charge in [-0.25, -0.2) is 17.5 Å². The van der Waals surface area contributed by atoms with Crippen molar-refractivity contribution in [3.05, 3.63) is 72.5 Å². The number of nitrogens with zero attached hydrogens (tertiary/aromatic N) is 1. The minimum atomic E-state index is -3.63. The Labute approximate surface area is 170 Å². The molecule has 0 saturated carbocycles. The zero-order chi connectivity index (χ0) is 20.3. The van der Waals surface area contributed by atoms with Crippen LogP contribution in [0.2, 0.25) is 0 Å². The van der Waals surface area contributed by atoms with Gasteiger partial charge < -0.3 is 4.74 Å². The van der Waals surface area contributed by atoms with Crippen molar-refractivity contribution >= 4 is 20.8 Å². The summed E-state index contributed by atoms with van der Waals surface area (Å²) in [6.45, 7) is 2.49. The van der Waals surface area contributed by atoms with Gasteiger partial charge in [-0.3, -0.25) is 4.90 Å². The number of hydrogen-bond donors (Lipinski definition) is 1. The summed E-state index contributed by atoms with van der Waals surface area (Å²) in [5, 5.41) is 2.25. The highest BCUT2D eigenvalue weighted by Gasteiger charge is 2.24. The van der Waals surface area contributed by atoms with E-state index in [2.05, 4.69) is 27.8 Å². The second-order valence-electron chi connectivity index (χ2n) is 7.16. The van der Waals surface area contributed by atoms with Crippen molar-refractivity contribution < 1.29 is 17.5 Å². The molecule has 0 spiro atoms. The number of hydrogen-bond acceptors (Lipinski definition) is 4. The lowest BCUT2D eigenvalue weighted by molar-refractivity contribution is 0.203. The van der Waals surface area contributed by atoms with Crippen LogP contribution in [0.25, 0.3) is 10.8 Å². The van der Waals surface area contributed by atoms with Crippen molar-refractivity contribution in [2.45, 2.75) is 17.4 Å². The standard InChI is InChI=1S/C22H23FN2O3S/c23-18-8-10-20(11-9-18)29(26,27)24-13-15-25-14-12-19(16-25)28-22-7-3-5-17-4-1-2-6-21(17)22/h1-11,19,24H,12-16H2. The molecule has 1 saturated heterocycles. The fourth-order valence-corrected chi connectivity index (χ4v) is 4.63. The fraction of sp³-hybridized carbons (Fsp3) is 0.273. The van der Waals surface area contributed by atoms with Gasteiger partial charge in [0, 0.05) is 31.6 Å². The summed E-state index contributed by atoms with van der Waals surface area (Å²) >= 11 is 0. The van der Waals surface area contributed by atoms with Crippen molar-refractivity contribution in [3.8, 4) is 5.75 Å². The van der Waals surface area contributed by atoms with Gasteiger partial charge in [0.25, 0.3) is 0 Å². The third kappa shape index (κ3) is 4.75. The molecule has 152 valence electrons. The third-order valence-electron chi connectivity index (χ3n) is 5.12. The van der Waals surface area contributed by atoms with Crippen LogP contribution in [-0.4, -0.2) is 45.6 Å². The maximum absolute atomic E-state index is 13.0. The van der Waals surface area contributed by atoms with Gasteiger partial charge in [0.2, 0.25) is 10.0 Å². The van der Waals surface area contributed by atoms with Gasteiger partial charge in [-0.2, -0.15) is 0 Å². The Bertz CT molecular complexity index is 1080. The number of fused-ring (bicyclic) bond motifs is 1. The molecule has 0 aliphatic carbocycles. The maximum atomic E-state index is 13.0. The van der Waals surface area contributed by atoms with E-state index >= 15 is 0 Å². The molecule has 7 heteroatoms. The van der Waals surface area contributed by atoms with E-state index in [0.29, 0.717) is 13.1 Å². The molecule has 1 heterocycles. The normalized spacial score (nSPS) is 17.6. The average Bonchev–Trinajstić information content (AvgIpc) is 3.16. The molecule has 5 nitrogen and oxygen atoms in total. The molecule has 1 atom stereocenters. The van der Waals surface area contributed by atoms with Crippen molar-refractivity contribution in [2.75, 3.05) is 26.2 Å². The van der Waals surface area contributed by atoms with E-state index in [0.717, 1.165) is 48.2 Å². The van der Waals surface area contributed by atoms with E-state index in [-0.39, 0.29) is 11.0 Å². The smallest absolute Gasteiger partial charge is 0.240 e. The zero-order valence-corrected chi connectivity index (χ0v) is 16.7. The minimum Gasteiger partial charge on any atom is -0.488 e. The highest BCUT2D eigenvalue weighted by molar-refractivity contribution is 7.89. The van der Waals surface area contributed by atoms with Crippen LogP contribution in [0.1, 0.15) is 6.42 Å². The van der Waals surface area contributed by atoms with Crippen LogP contribution in [0.5, 0.6) is 5.75 Å². The number of benzene rings is 3. The van der Waals surface area contributed by atoms with E-state index < -0.39 is 15.8 Å². The Morgan fingerprint density at radius 1 is 1.03 bits per heavy atom. The molecule has 1 fully saturated rings. The number of sulfonamides is 1. The molecule has 3 aromatic carbocycles. The number of likely N-dealkylation sites (tertiary alicyclic amines) is 1. The van der Waals surface area contributed by atoms with Crippen LogP contribution in [0.15, 0.2) is 71.6 Å². The monoisotopic (exact) mass is 414 g/mol. The van der Waals surface area contributed by atoms with Crippen molar-refractivity contribution in [1.29, 1.82) is 0 Å². The lowest BCUT2D eigenvalue weighted by Crippen LogP contribution is -2.34. The molecule has 0 radical (unpaired) electrons. The SMILES string of the molecule is O=S(=O)(NCCN1CCC(Oc2cccc3ccccc23)C1)c1ccc(F)cc1. The molecule has 3 aromatic rings. The van der Waals surface area contributed by atoms with Crippen LogP contribution in [0.4, 0.5) is 4.39 Å². The molecule has 1 N–H and O–H groups in total. The molecule has 0 aromatic heterocycles. The van der Waals surface area contributed by atoms with Crippen LogP contribution < -0.4 is 9.46 Å². The van der Waals surface area contributed by atoms with Gasteiger partial charge >= 0.3 is 0 Å². The first-order valence-electron chi connectivity index (χ1n) is 9.63. The molecule has 1 aliphatic heterocycles. The van der Waals surface area contributed by atoms with Gasteiger partial charge in [0.15, 0.2) is 0 Å². The predicted octanol–water partition coefficient (Wildman–Crippen LogP) is 3.41. The second-order valence-corrected chi connectivity index (χ2v) is 8.93. The predicted molar refractivity (Wildman–Crippen MR) is 111 cm³/mol. The van der Waals surface area contributed by atoms with E-state index in [1.54, 1.807) is 0 Å². The topological polar surface area (TPSA) is 58.6 Å². The molecule has 0 amide bonds. The van der Waals surface area contributed by atoms with Gasteiger partial charge in [0.1, 0.15) is 17.7 Å². The van der Waals surface area contributed by atoms with Gasteiger partial charge in [-0.1, -0.05) is 36.4 Å². The van der Waals surface area contributed by atoms with E-state index in [1.165, 1.54) is 12.1 Å². The Kier molecular flexibility index (Phi) is 5.80. The largest absolute Gasteiger partial charge is 0.488 e. The summed E-state index contributed by atoms with van der Waals surface area (Å²) in [7, 11) is -3.63. The first-order chi connectivity index (χ1) is 14.0. The molecule has 29 heavy (non-hydrogen) atoms. The van der Waals surface area contributed by atoms with Gasteiger partial charge in [0.05, 0.1) is 4.90 Å². The van der Waals surface area contributed by atoms with Crippen molar-refractivity contribution in [2.24, 2.45) is 0 Å². The van der Waals surface area contributed by atoms with Gasteiger partial charge in [-0.05, 0) is 42.1 Å². The number of rotatable bonds is 7. The fourth-order valence-electron chi connectivity index (χ4n) is 3.61. The van der Waals surface area contributed by atoms with Crippen LogP contribution in [0.3, 0.4) is 0 Å². The lowest BCUT2D eigenvalue weighted by Gasteiger charge is -2.18. The summed E-state index contributed by atoms with van der Waals surface area (Å²) in [5.41, 5.74) is 0. The number of halogens is 1. The first kappa shape index (κ1) is 19.8. The van der Waals surface area contributed by atoms with Crippen molar-refractivity contribution in [1.82, 2.24) is 9.62 Å². The number of ether oxygens (including phenoxy) is 1. The van der Waals surface area contributed by atoms with Crippen LogP contribution >= 0.6 is 0 Å². The summed E-state index contributed by atoms with van der Waals surface area (Å²) < 4.78 is 46.3. The molecule has 1 aliphatic rings. The van der Waals surface area contributed by atoms with Gasteiger partial charge in [-0.15, -0.1) is 0 Å². The molecule has 1 unspecified atom stereocenters. The third-order valence-corrected chi connectivity index (χ3v) is 6.59. The first-order valence-corrected chi connectivity index (χ1v) is 11.1. The highest BCUT2D eigenvalue weighted by atomic mass is 32.2. The van der Waals surface area contributed by atoms with Crippen molar-refractivity contribution in [3.63, 3.8) is 0 Å². The zero-order valence-electron chi connectivity index (χ0n) is 15.9. The highest BCUT2D eigenvalue weighted by Crippen LogP contribution is 2.27. The van der Waals surface area contributed by atoms with E-state index in [1.807, 2.05) is 24.3 Å². The minimum absolute atomic E-state index is 0.0671. The molecular formula is C22H23FN2O3S. The average molecular weight is 415 g/mol. The van der Waals surface area contributed by atoms with Crippen LogP contribution in [0, 0.1) is 5.82 Å². The summed E-state index contributed by atoms with van der Waals surface area (Å²) in [5.74, 6) is 0.421. The Morgan fingerprint density at radius 3 is 2.62 bits per heavy atom. The second kappa shape index (κ2) is 8.49. The summed E-state index contributed by atoms with van der Waals surface area (Å²) in [6, 6.07) is 19.0. The maximum Gasteiger partial charge on any atom is 0.240 e. The Hall–Kier alpha value is -2.48. The Morgan fingerprint density at radius 2 is 1.79 bits per heavy atom. The quantitative estimate of drug-likeness (QED) is 0.644. The van der Waals surface area contributed by atoms with E-state index in [4.69, 9.17) is 4.74 Å². The summed E-state index contributed by atoms with van der Waals surface area (Å²) in [4.78, 5) is 2.25. The Balaban J connectivity index is 1.29.